The Bertz CT molecular complexity index is 560. The minimum atomic E-state index is -0.984. The highest BCUT2D eigenvalue weighted by atomic mass is 16.4. The number of carboxylic acid groups (broad SMARTS) is 1. The fourth-order valence-corrected chi connectivity index (χ4v) is 1.76. The van der Waals surface area contributed by atoms with Crippen molar-refractivity contribution in [3.05, 3.63) is 35.7 Å². The number of aromatic nitrogens is 2. The van der Waals surface area contributed by atoms with Gasteiger partial charge in [0.1, 0.15) is 6.42 Å². The monoisotopic (exact) mass is 260 g/mol. The van der Waals surface area contributed by atoms with Crippen molar-refractivity contribution in [1.29, 1.82) is 0 Å². The van der Waals surface area contributed by atoms with Crippen LogP contribution in [0.3, 0.4) is 0 Å². The van der Waals surface area contributed by atoms with Crippen molar-refractivity contribution in [3.8, 4) is 11.5 Å². The molecule has 0 saturated heterocycles. The molecule has 19 heavy (non-hydrogen) atoms. The summed E-state index contributed by atoms with van der Waals surface area (Å²) in [5.41, 5.74) is 2.06. The number of carbonyl (C=O) groups is 1. The summed E-state index contributed by atoms with van der Waals surface area (Å²) in [5, 5.41) is 16.2. The molecular weight excluding hydrogens is 244 g/mol. The average molecular weight is 260 g/mol. The lowest BCUT2D eigenvalue weighted by Crippen LogP contribution is -1.99. The van der Waals surface area contributed by atoms with E-state index in [0.29, 0.717) is 11.8 Å². The number of carboxylic acids is 1. The third-order valence-corrected chi connectivity index (χ3v) is 3.11. The van der Waals surface area contributed by atoms with Gasteiger partial charge in [-0.2, -0.15) is 0 Å². The molecule has 1 N–H and O–H groups in total. The van der Waals surface area contributed by atoms with E-state index in [1.54, 1.807) is 0 Å². The van der Waals surface area contributed by atoms with E-state index in [2.05, 4.69) is 24.0 Å². The Balaban J connectivity index is 2.18. The third-order valence-electron chi connectivity index (χ3n) is 3.11. The lowest BCUT2D eigenvalue weighted by atomic mass is 9.98. The zero-order valence-electron chi connectivity index (χ0n) is 11.0. The van der Waals surface area contributed by atoms with Crippen LogP contribution in [0.2, 0.25) is 0 Å². The summed E-state index contributed by atoms with van der Waals surface area (Å²) in [6, 6.07) is 7.90. The molecule has 100 valence electrons. The maximum absolute atomic E-state index is 10.5. The van der Waals surface area contributed by atoms with Crippen LogP contribution in [0.1, 0.15) is 37.6 Å². The number of nitrogens with zero attached hydrogens (tertiary/aromatic N) is 2. The van der Waals surface area contributed by atoms with Gasteiger partial charge in [-0.1, -0.05) is 26.0 Å². The molecule has 1 aromatic carbocycles. The van der Waals surface area contributed by atoms with Gasteiger partial charge in [0.25, 0.3) is 0 Å². The molecule has 0 amide bonds. The summed E-state index contributed by atoms with van der Waals surface area (Å²) in [7, 11) is 0. The summed E-state index contributed by atoms with van der Waals surface area (Å²) in [4.78, 5) is 10.5. The van der Waals surface area contributed by atoms with Crippen LogP contribution in [0.5, 0.6) is 0 Å². The molecule has 0 aliphatic carbocycles. The van der Waals surface area contributed by atoms with Gasteiger partial charge < -0.3 is 9.52 Å². The summed E-state index contributed by atoms with van der Waals surface area (Å²) in [5.74, 6) is 0.00193. The van der Waals surface area contributed by atoms with Gasteiger partial charge >= 0.3 is 5.97 Å². The Labute approximate surface area is 111 Å². The maximum atomic E-state index is 10.5. The summed E-state index contributed by atoms with van der Waals surface area (Å²) < 4.78 is 5.30. The second kappa shape index (κ2) is 5.65. The molecule has 1 aromatic heterocycles. The molecule has 0 radical (unpaired) electrons. The van der Waals surface area contributed by atoms with E-state index >= 15 is 0 Å². The number of rotatable bonds is 5. The Kier molecular flexibility index (Phi) is 3.94. The second-order valence-electron chi connectivity index (χ2n) is 4.50. The van der Waals surface area contributed by atoms with Crippen LogP contribution in [0.15, 0.2) is 28.7 Å². The van der Waals surface area contributed by atoms with Gasteiger partial charge in [-0.15, -0.1) is 10.2 Å². The predicted octanol–water partition coefficient (Wildman–Crippen LogP) is 2.88. The average Bonchev–Trinajstić information content (AvgIpc) is 2.85. The van der Waals surface area contributed by atoms with E-state index in [-0.39, 0.29) is 12.3 Å². The summed E-state index contributed by atoms with van der Waals surface area (Å²) in [6.45, 7) is 4.32. The van der Waals surface area contributed by atoms with Crippen LogP contribution < -0.4 is 0 Å². The van der Waals surface area contributed by atoms with Gasteiger partial charge in [-0.25, -0.2) is 0 Å². The van der Waals surface area contributed by atoms with Crippen LogP contribution in [-0.4, -0.2) is 21.3 Å². The Morgan fingerprint density at radius 1 is 1.32 bits per heavy atom. The van der Waals surface area contributed by atoms with Crippen molar-refractivity contribution in [2.24, 2.45) is 0 Å². The van der Waals surface area contributed by atoms with Gasteiger partial charge in [0.15, 0.2) is 0 Å². The van der Waals surface area contributed by atoms with Gasteiger partial charge in [-0.05, 0) is 30.0 Å². The van der Waals surface area contributed by atoms with Crippen molar-refractivity contribution < 1.29 is 14.3 Å². The molecule has 1 heterocycles. The normalized spacial score (nSPS) is 12.3. The molecule has 1 atom stereocenters. The first kappa shape index (κ1) is 13.3. The van der Waals surface area contributed by atoms with Crippen LogP contribution in [0.25, 0.3) is 11.5 Å². The molecule has 0 aliphatic rings. The van der Waals surface area contributed by atoms with Crippen LogP contribution in [0, 0.1) is 0 Å². The van der Waals surface area contributed by atoms with Gasteiger partial charge in [0.2, 0.25) is 11.8 Å². The van der Waals surface area contributed by atoms with E-state index in [0.717, 1.165) is 12.0 Å². The molecule has 5 heteroatoms. The number of hydrogen-bond donors (Lipinski definition) is 1. The van der Waals surface area contributed by atoms with Crippen LogP contribution in [0.4, 0.5) is 0 Å². The summed E-state index contributed by atoms with van der Waals surface area (Å²) in [6.07, 6.45) is 0.834. The molecule has 5 nitrogen and oxygen atoms in total. The van der Waals surface area contributed by atoms with E-state index < -0.39 is 5.97 Å². The van der Waals surface area contributed by atoms with Crippen LogP contribution in [-0.2, 0) is 11.2 Å². The van der Waals surface area contributed by atoms with E-state index in [1.807, 2.05) is 24.3 Å². The first-order valence-electron chi connectivity index (χ1n) is 6.24. The van der Waals surface area contributed by atoms with Gasteiger partial charge in [0, 0.05) is 5.56 Å². The zero-order valence-corrected chi connectivity index (χ0v) is 11.0. The standard InChI is InChI=1S/C14H16N2O3/c1-3-9(2)10-4-6-11(7-5-10)14-16-15-12(19-14)8-13(17)18/h4-7,9H,3,8H2,1-2H3,(H,17,18). The van der Waals surface area contributed by atoms with E-state index in [9.17, 15) is 4.79 Å². The largest absolute Gasteiger partial charge is 0.481 e. The highest BCUT2D eigenvalue weighted by Gasteiger charge is 2.11. The van der Waals surface area contributed by atoms with E-state index in [4.69, 9.17) is 9.52 Å². The van der Waals surface area contributed by atoms with Gasteiger partial charge in [0.05, 0.1) is 0 Å². The third kappa shape index (κ3) is 3.19. The molecule has 0 aliphatic heterocycles. The zero-order chi connectivity index (χ0) is 13.8. The fraction of sp³-hybridized carbons (Fsp3) is 0.357. The van der Waals surface area contributed by atoms with Crippen molar-refractivity contribution in [2.45, 2.75) is 32.6 Å². The first-order valence-corrected chi connectivity index (χ1v) is 6.24. The van der Waals surface area contributed by atoms with Crippen molar-refractivity contribution >= 4 is 5.97 Å². The molecule has 2 aromatic rings. The van der Waals surface area contributed by atoms with Crippen LogP contribution >= 0.6 is 0 Å². The SMILES string of the molecule is CCC(C)c1ccc(-c2nnc(CC(=O)O)o2)cc1. The highest BCUT2D eigenvalue weighted by molar-refractivity contribution is 5.68. The molecule has 0 bridgehead atoms. The van der Waals surface area contributed by atoms with Crippen molar-refractivity contribution in [3.63, 3.8) is 0 Å². The highest BCUT2D eigenvalue weighted by Crippen LogP contribution is 2.23. The lowest BCUT2D eigenvalue weighted by molar-refractivity contribution is -0.136. The smallest absolute Gasteiger partial charge is 0.312 e. The number of benzene rings is 1. The molecule has 2 rings (SSSR count). The summed E-state index contributed by atoms with van der Waals surface area (Å²) >= 11 is 0. The minimum absolute atomic E-state index is 0.119. The molecule has 0 saturated carbocycles. The Morgan fingerprint density at radius 2 is 2.00 bits per heavy atom. The van der Waals surface area contributed by atoms with Crippen molar-refractivity contribution in [2.75, 3.05) is 0 Å². The quantitative estimate of drug-likeness (QED) is 0.894. The predicted molar refractivity (Wildman–Crippen MR) is 69.8 cm³/mol. The minimum Gasteiger partial charge on any atom is -0.481 e. The van der Waals surface area contributed by atoms with Crippen molar-refractivity contribution in [1.82, 2.24) is 10.2 Å². The first-order chi connectivity index (χ1) is 9.10. The topological polar surface area (TPSA) is 76.2 Å². The molecular formula is C14H16N2O3. The van der Waals surface area contributed by atoms with E-state index in [1.165, 1.54) is 5.56 Å². The Morgan fingerprint density at radius 3 is 2.58 bits per heavy atom. The number of aliphatic carboxylic acids is 1. The molecule has 0 fully saturated rings. The lowest BCUT2D eigenvalue weighted by Gasteiger charge is -2.08. The number of hydrogen-bond acceptors (Lipinski definition) is 4. The Hall–Kier alpha value is -2.17. The fourth-order valence-electron chi connectivity index (χ4n) is 1.76. The molecule has 1 unspecified atom stereocenters. The van der Waals surface area contributed by atoms with Gasteiger partial charge in [-0.3, -0.25) is 4.79 Å². The second-order valence-corrected chi connectivity index (χ2v) is 4.50. The molecule has 0 spiro atoms. The maximum Gasteiger partial charge on any atom is 0.312 e.